The highest BCUT2D eigenvalue weighted by Gasteiger charge is 2.30. The lowest BCUT2D eigenvalue weighted by molar-refractivity contribution is 0.122. The van der Waals surface area contributed by atoms with Crippen LogP contribution in [-0.2, 0) is 14.8 Å². The molecule has 6 nitrogen and oxygen atoms in total. The summed E-state index contributed by atoms with van der Waals surface area (Å²) in [6, 6.07) is 11.9. The van der Waals surface area contributed by atoms with E-state index in [2.05, 4.69) is 28.0 Å². The molecule has 0 unspecified atom stereocenters. The molecule has 2 aliphatic rings. The molecule has 0 aliphatic carbocycles. The molecule has 2 aliphatic heterocycles. The number of thiophene rings is 1. The minimum absolute atomic E-state index is 0.430. The van der Waals surface area contributed by atoms with Crippen LogP contribution in [0.25, 0.3) is 0 Å². The molecule has 0 atom stereocenters. The van der Waals surface area contributed by atoms with Gasteiger partial charge < -0.3 is 14.5 Å². The molecule has 2 fully saturated rings. The third-order valence-corrected chi connectivity index (χ3v) is 8.17. The van der Waals surface area contributed by atoms with Gasteiger partial charge in [0.05, 0.1) is 24.6 Å². The van der Waals surface area contributed by atoms with Crippen LogP contribution in [0.2, 0.25) is 0 Å². The molecule has 0 bridgehead atoms. The lowest BCUT2D eigenvalue weighted by atomic mass is 10.2. The number of rotatable bonds is 4. The van der Waals surface area contributed by atoms with Gasteiger partial charge in [0.25, 0.3) is 10.0 Å². The summed E-state index contributed by atoms with van der Waals surface area (Å²) in [6.07, 6.45) is 0. The Bertz CT molecular complexity index is 825. The number of hydrogen-bond donors (Lipinski definition) is 0. The first-order valence-electron chi connectivity index (χ1n) is 8.86. The first kappa shape index (κ1) is 17.8. The number of hydrogen-bond acceptors (Lipinski definition) is 6. The third kappa shape index (κ3) is 3.46. The zero-order valence-corrected chi connectivity index (χ0v) is 16.2. The molecule has 3 heterocycles. The maximum absolute atomic E-state index is 12.7. The fraction of sp³-hybridized carbons (Fsp3) is 0.444. The van der Waals surface area contributed by atoms with Crippen molar-refractivity contribution < 1.29 is 13.2 Å². The molecular weight excluding hydrogens is 370 g/mol. The number of nitrogens with zero attached hydrogens (tertiary/aromatic N) is 3. The highest BCUT2D eigenvalue weighted by atomic mass is 32.2. The van der Waals surface area contributed by atoms with Crippen LogP contribution in [0.15, 0.2) is 46.0 Å². The van der Waals surface area contributed by atoms with Gasteiger partial charge in [0.1, 0.15) is 4.21 Å². The Balaban J connectivity index is 1.49. The minimum atomic E-state index is -3.36. The molecule has 0 amide bonds. The van der Waals surface area contributed by atoms with E-state index in [1.54, 1.807) is 16.4 Å². The number of benzene rings is 1. The Labute approximate surface area is 158 Å². The van der Waals surface area contributed by atoms with Gasteiger partial charge in [-0.05, 0) is 23.6 Å². The van der Waals surface area contributed by atoms with Crippen molar-refractivity contribution in [2.45, 2.75) is 4.21 Å². The summed E-state index contributed by atoms with van der Waals surface area (Å²) in [4.78, 5) is 4.65. The van der Waals surface area contributed by atoms with Crippen LogP contribution >= 0.6 is 11.3 Å². The van der Waals surface area contributed by atoms with Crippen LogP contribution < -0.4 is 9.80 Å². The predicted octanol–water partition coefficient (Wildman–Crippen LogP) is 2.10. The summed E-state index contributed by atoms with van der Waals surface area (Å²) >= 11 is 1.28. The summed E-state index contributed by atoms with van der Waals surface area (Å²) in [6.45, 7) is 5.71. The highest BCUT2D eigenvalue weighted by molar-refractivity contribution is 7.91. The molecule has 4 rings (SSSR count). The van der Waals surface area contributed by atoms with Crippen molar-refractivity contribution in [3.8, 4) is 0 Å². The van der Waals surface area contributed by atoms with E-state index in [0.29, 0.717) is 30.4 Å². The van der Waals surface area contributed by atoms with Gasteiger partial charge in [-0.3, -0.25) is 0 Å². The quantitative estimate of drug-likeness (QED) is 0.796. The Hall–Kier alpha value is -1.61. The standard InChI is InChI=1S/C18H23N3O3S2/c22-26(23,18-6-3-15-25-18)21-9-7-19(8-10-21)16-4-1-2-5-17(16)20-11-13-24-14-12-20/h1-6,15H,7-14H2. The third-order valence-electron chi connectivity index (χ3n) is 4.90. The Morgan fingerprint density at radius 2 is 1.42 bits per heavy atom. The number of morpholine rings is 1. The molecular formula is C18H23N3O3S2. The van der Waals surface area contributed by atoms with Crippen LogP contribution in [0.1, 0.15) is 0 Å². The van der Waals surface area contributed by atoms with Gasteiger partial charge in [-0.2, -0.15) is 4.31 Å². The van der Waals surface area contributed by atoms with Crippen molar-refractivity contribution in [1.29, 1.82) is 0 Å². The van der Waals surface area contributed by atoms with E-state index in [4.69, 9.17) is 4.74 Å². The SMILES string of the molecule is O=S(=O)(c1cccs1)N1CCN(c2ccccc2N2CCOCC2)CC1. The van der Waals surface area contributed by atoms with Gasteiger partial charge in [0.15, 0.2) is 0 Å². The maximum atomic E-state index is 12.7. The molecule has 0 spiro atoms. The van der Waals surface area contributed by atoms with Gasteiger partial charge in [0, 0.05) is 39.3 Å². The molecule has 0 radical (unpaired) electrons. The first-order chi connectivity index (χ1) is 12.7. The average molecular weight is 394 g/mol. The molecule has 1 aromatic carbocycles. The molecule has 8 heteroatoms. The zero-order valence-electron chi connectivity index (χ0n) is 14.6. The van der Waals surface area contributed by atoms with Gasteiger partial charge in [-0.1, -0.05) is 18.2 Å². The summed E-state index contributed by atoms with van der Waals surface area (Å²) in [5.74, 6) is 0. The van der Waals surface area contributed by atoms with Crippen molar-refractivity contribution in [3.05, 3.63) is 41.8 Å². The van der Waals surface area contributed by atoms with Crippen molar-refractivity contribution >= 4 is 32.7 Å². The lowest BCUT2D eigenvalue weighted by Gasteiger charge is -2.38. The van der Waals surface area contributed by atoms with Crippen molar-refractivity contribution in [1.82, 2.24) is 4.31 Å². The predicted molar refractivity (Wildman–Crippen MR) is 105 cm³/mol. The maximum Gasteiger partial charge on any atom is 0.252 e. The van der Waals surface area contributed by atoms with Crippen LogP contribution in [0, 0.1) is 0 Å². The zero-order chi connectivity index (χ0) is 18.0. The van der Waals surface area contributed by atoms with E-state index in [-0.39, 0.29) is 0 Å². The van der Waals surface area contributed by atoms with E-state index in [0.717, 1.165) is 26.3 Å². The van der Waals surface area contributed by atoms with Crippen LogP contribution in [0.3, 0.4) is 0 Å². The van der Waals surface area contributed by atoms with E-state index in [1.165, 1.54) is 22.7 Å². The lowest BCUT2D eigenvalue weighted by Crippen LogP contribution is -2.49. The van der Waals surface area contributed by atoms with E-state index in [9.17, 15) is 8.42 Å². The van der Waals surface area contributed by atoms with E-state index < -0.39 is 10.0 Å². The number of piperazine rings is 1. The normalized spacial score (nSPS) is 19.7. The Morgan fingerprint density at radius 3 is 2.00 bits per heavy atom. The number of sulfonamides is 1. The van der Waals surface area contributed by atoms with Gasteiger partial charge >= 0.3 is 0 Å². The number of para-hydroxylation sites is 2. The fourth-order valence-corrected chi connectivity index (χ4v) is 6.08. The largest absolute Gasteiger partial charge is 0.378 e. The molecule has 0 N–H and O–H groups in total. The van der Waals surface area contributed by atoms with Crippen molar-refractivity contribution in [3.63, 3.8) is 0 Å². The summed E-state index contributed by atoms with van der Waals surface area (Å²) in [7, 11) is -3.36. The molecule has 2 saturated heterocycles. The van der Waals surface area contributed by atoms with E-state index in [1.807, 2.05) is 11.4 Å². The molecule has 26 heavy (non-hydrogen) atoms. The van der Waals surface area contributed by atoms with Crippen molar-refractivity contribution in [2.24, 2.45) is 0 Å². The second-order valence-electron chi connectivity index (χ2n) is 6.41. The Morgan fingerprint density at radius 1 is 0.808 bits per heavy atom. The Kier molecular flexibility index (Phi) is 5.17. The van der Waals surface area contributed by atoms with Gasteiger partial charge in [-0.25, -0.2) is 8.42 Å². The number of anilines is 2. The fourth-order valence-electron chi connectivity index (χ4n) is 3.51. The highest BCUT2D eigenvalue weighted by Crippen LogP contribution is 2.31. The molecule has 2 aromatic rings. The summed E-state index contributed by atoms with van der Waals surface area (Å²) < 4.78 is 32.9. The number of ether oxygens (including phenoxy) is 1. The molecule has 1 aromatic heterocycles. The van der Waals surface area contributed by atoms with Crippen molar-refractivity contribution in [2.75, 3.05) is 62.3 Å². The summed E-state index contributed by atoms with van der Waals surface area (Å²) in [5.41, 5.74) is 2.40. The molecule has 140 valence electrons. The van der Waals surface area contributed by atoms with Gasteiger partial charge in [0.2, 0.25) is 0 Å². The smallest absolute Gasteiger partial charge is 0.252 e. The van der Waals surface area contributed by atoms with Gasteiger partial charge in [-0.15, -0.1) is 11.3 Å². The first-order valence-corrected chi connectivity index (χ1v) is 11.2. The second-order valence-corrected chi connectivity index (χ2v) is 9.52. The van der Waals surface area contributed by atoms with Crippen LogP contribution in [0.5, 0.6) is 0 Å². The molecule has 0 saturated carbocycles. The topological polar surface area (TPSA) is 53.1 Å². The van der Waals surface area contributed by atoms with Crippen LogP contribution in [0.4, 0.5) is 11.4 Å². The minimum Gasteiger partial charge on any atom is -0.378 e. The second kappa shape index (κ2) is 7.56. The summed E-state index contributed by atoms with van der Waals surface area (Å²) in [5, 5.41) is 1.81. The van der Waals surface area contributed by atoms with Crippen LogP contribution in [-0.4, -0.2) is 65.2 Å². The van der Waals surface area contributed by atoms with E-state index >= 15 is 0 Å². The average Bonchev–Trinajstić information content (AvgIpc) is 3.25. The monoisotopic (exact) mass is 393 g/mol.